The number of carbonyl (C=O) groups is 1. The number of para-hydroxylation sites is 1. The fourth-order valence-corrected chi connectivity index (χ4v) is 1.41. The number of aliphatic carboxylic acids is 1. The van der Waals surface area contributed by atoms with Gasteiger partial charge in [0.25, 0.3) is 0 Å². The lowest BCUT2D eigenvalue weighted by molar-refractivity contribution is -0.138. The first-order chi connectivity index (χ1) is 7.56. The molecular formula is C11H15NO4. The topological polar surface area (TPSA) is 92.8 Å². The summed E-state index contributed by atoms with van der Waals surface area (Å²) in [7, 11) is 1.52. The molecule has 0 saturated carbocycles. The van der Waals surface area contributed by atoms with E-state index in [9.17, 15) is 9.90 Å². The van der Waals surface area contributed by atoms with Gasteiger partial charge >= 0.3 is 5.97 Å². The Morgan fingerprint density at radius 2 is 2.12 bits per heavy atom. The lowest BCUT2D eigenvalue weighted by Crippen LogP contribution is -2.32. The molecule has 1 rings (SSSR count). The molecule has 0 aliphatic rings. The van der Waals surface area contributed by atoms with Crippen molar-refractivity contribution in [2.75, 3.05) is 7.11 Å². The molecule has 0 aliphatic carbocycles. The van der Waals surface area contributed by atoms with Crippen LogP contribution in [0.1, 0.15) is 11.1 Å². The Bertz CT molecular complexity index is 378. The average Bonchev–Trinajstić information content (AvgIpc) is 2.24. The molecule has 5 nitrogen and oxygen atoms in total. The van der Waals surface area contributed by atoms with E-state index in [0.29, 0.717) is 11.1 Å². The van der Waals surface area contributed by atoms with Crippen LogP contribution in [0.4, 0.5) is 0 Å². The summed E-state index contributed by atoms with van der Waals surface area (Å²) in [5.41, 5.74) is 6.54. The number of ether oxygens (including phenoxy) is 1. The first-order valence-electron chi connectivity index (χ1n) is 4.83. The Kier molecular flexibility index (Phi) is 4.28. The van der Waals surface area contributed by atoms with Gasteiger partial charge in [-0.3, -0.25) is 4.79 Å². The Balaban J connectivity index is 2.88. The molecule has 0 amide bonds. The number of carboxylic acids is 1. The highest BCUT2D eigenvalue weighted by Gasteiger charge is 2.15. The third-order valence-corrected chi connectivity index (χ3v) is 2.26. The van der Waals surface area contributed by atoms with Gasteiger partial charge in [0.15, 0.2) is 0 Å². The van der Waals surface area contributed by atoms with Crippen LogP contribution in [-0.2, 0) is 22.6 Å². The molecule has 16 heavy (non-hydrogen) atoms. The van der Waals surface area contributed by atoms with Gasteiger partial charge in [0.05, 0.1) is 6.61 Å². The van der Waals surface area contributed by atoms with Gasteiger partial charge in [0, 0.05) is 19.1 Å². The van der Waals surface area contributed by atoms with Crippen molar-refractivity contribution in [2.24, 2.45) is 5.73 Å². The molecule has 0 spiro atoms. The van der Waals surface area contributed by atoms with Crippen molar-refractivity contribution >= 4 is 5.97 Å². The van der Waals surface area contributed by atoms with Gasteiger partial charge in [-0.05, 0) is 5.56 Å². The van der Waals surface area contributed by atoms with Crippen molar-refractivity contribution < 1.29 is 19.7 Å². The minimum Gasteiger partial charge on any atom is -0.507 e. The van der Waals surface area contributed by atoms with Crippen molar-refractivity contribution in [1.82, 2.24) is 0 Å². The maximum atomic E-state index is 10.6. The first-order valence-corrected chi connectivity index (χ1v) is 4.83. The maximum absolute atomic E-state index is 10.6. The smallest absolute Gasteiger partial charge is 0.320 e. The Hall–Kier alpha value is -1.59. The summed E-state index contributed by atoms with van der Waals surface area (Å²) in [6, 6.07) is 4.09. The summed E-state index contributed by atoms with van der Waals surface area (Å²) in [5, 5.41) is 18.5. The molecule has 0 bridgehead atoms. The molecule has 0 aliphatic heterocycles. The zero-order valence-corrected chi connectivity index (χ0v) is 9.01. The molecule has 1 unspecified atom stereocenters. The van der Waals surface area contributed by atoms with Crippen LogP contribution in [0.3, 0.4) is 0 Å². The van der Waals surface area contributed by atoms with Gasteiger partial charge in [-0.25, -0.2) is 0 Å². The minimum atomic E-state index is -1.09. The Morgan fingerprint density at radius 3 is 2.69 bits per heavy atom. The number of phenols is 1. The van der Waals surface area contributed by atoms with Crippen molar-refractivity contribution in [3.8, 4) is 5.75 Å². The molecule has 0 heterocycles. The van der Waals surface area contributed by atoms with Crippen LogP contribution in [-0.4, -0.2) is 29.3 Å². The van der Waals surface area contributed by atoms with Gasteiger partial charge in [0.1, 0.15) is 11.8 Å². The zero-order chi connectivity index (χ0) is 12.1. The van der Waals surface area contributed by atoms with Crippen LogP contribution in [0, 0.1) is 0 Å². The summed E-state index contributed by atoms with van der Waals surface area (Å²) in [4.78, 5) is 10.6. The largest absolute Gasteiger partial charge is 0.507 e. The number of rotatable bonds is 5. The molecule has 1 aromatic rings. The number of nitrogens with two attached hydrogens (primary N) is 1. The Morgan fingerprint density at radius 1 is 1.50 bits per heavy atom. The van der Waals surface area contributed by atoms with Gasteiger partial charge in [-0.15, -0.1) is 0 Å². The fraction of sp³-hybridized carbons (Fsp3) is 0.364. The number of hydrogen-bond donors (Lipinski definition) is 3. The molecule has 88 valence electrons. The third-order valence-electron chi connectivity index (χ3n) is 2.26. The summed E-state index contributed by atoms with van der Waals surface area (Å²) < 4.78 is 4.91. The second-order valence-corrected chi connectivity index (χ2v) is 3.51. The molecule has 0 aromatic heterocycles. The highest BCUT2D eigenvalue weighted by Crippen LogP contribution is 2.24. The molecule has 0 saturated heterocycles. The van der Waals surface area contributed by atoms with Crippen LogP contribution >= 0.6 is 0 Å². The van der Waals surface area contributed by atoms with E-state index in [1.807, 2.05) is 0 Å². The van der Waals surface area contributed by atoms with E-state index in [1.165, 1.54) is 7.11 Å². The van der Waals surface area contributed by atoms with Crippen LogP contribution in [0.15, 0.2) is 18.2 Å². The highest BCUT2D eigenvalue weighted by atomic mass is 16.5. The quantitative estimate of drug-likeness (QED) is 0.678. The van der Waals surface area contributed by atoms with Crippen molar-refractivity contribution in [3.05, 3.63) is 29.3 Å². The number of benzene rings is 1. The highest BCUT2D eigenvalue weighted by molar-refractivity contribution is 5.73. The average molecular weight is 225 g/mol. The molecular weight excluding hydrogens is 210 g/mol. The third kappa shape index (κ3) is 2.95. The monoisotopic (exact) mass is 225 g/mol. The van der Waals surface area contributed by atoms with E-state index >= 15 is 0 Å². The van der Waals surface area contributed by atoms with Gasteiger partial charge in [-0.2, -0.15) is 0 Å². The number of aromatic hydroxyl groups is 1. The first kappa shape index (κ1) is 12.5. The standard InChI is InChI=1S/C11H15NO4/c1-16-6-8-4-2-3-7(10(8)13)5-9(12)11(14)15/h2-4,9,13H,5-6,12H2,1H3,(H,14,15). The number of phenolic OH excluding ortho intramolecular Hbond substituents is 1. The number of hydrogen-bond acceptors (Lipinski definition) is 4. The van der Waals surface area contributed by atoms with E-state index in [-0.39, 0.29) is 18.8 Å². The number of methoxy groups -OCH3 is 1. The van der Waals surface area contributed by atoms with Crippen LogP contribution in [0.25, 0.3) is 0 Å². The van der Waals surface area contributed by atoms with Gasteiger partial charge < -0.3 is 20.7 Å². The zero-order valence-electron chi connectivity index (χ0n) is 9.01. The van der Waals surface area contributed by atoms with Crippen molar-refractivity contribution in [3.63, 3.8) is 0 Å². The van der Waals surface area contributed by atoms with Crippen molar-refractivity contribution in [2.45, 2.75) is 19.1 Å². The summed E-state index contributed by atoms with van der Waals surface area (Å²) in [5.74, 6) is -1.03. The van der Waals surface area contributed by atoms with Crippen LogP contribution < -0.4 is 5.73 Å². The molecule has 4 N–H and O–H groups in total. The molecule has 1 aromatic carbocycles. The van der Waals surface area contributed by atoms with Crippen LogP contribution in [0.5, 0.6) is 5.75 Å². The van der Waals surface area contributed by atoms with E-state index in [1.54, 1.807) is 18.2 Å². The lowest BCUT2D eigenvalue weighted by Gasteiger charge is -2.11. The van der Waals surface area contributed by atoms with E-state index in [4.69, 9.17) is 15.6 Å². The van der Waals surface area contributed by atoms with Gasteiger partial charge in [0.2, 0.25) is 0 Å². The predicted octanol–water partition coefficient (Wildman–Crippen LogP) is 0.493. The molecule has 5 heteroatoms. The summed E-state index contributed by atoms with van der Waals surface area (Å²) >= 11 is 0. The fourth-order valence-electron chi connectivity index (χ4n) is 1.41. The molecule has 0 radical (unpaired) electrons. The second-order valence-electron chi connectivity index (χ2n) is 3.51. The molecule has 1 atom stereocenters. The summed E-state index contributed by atoms with van der Waals surface area (Å²) in [6.45, 7) is 0.280. The minimum absolute atomic E-state index is 0.0565. The summed E-state index contributed by atoms with van der Waals surface area (Å²) in [6.07, 6.45) is 0.0960. The Labute approximate surface area is 93.5 Å². The van der Waals surface area contributed by atoms with Crippen LogP contribution in [0.2, 0.25) is 0 Å². The maximum Gasteiger partial charge on any atom is 0.320 e. The predicted molar refractivity (Wildman–Crippen MR) is 58.1 cm³/mol. The second kappa shape index (κ2) is 5.48. The lowest BCUT2D eigenvalue weighted by atomic mass is 10.0. The van der Waals surface area contributed by atoms with E-state index < -0.39 is 12.0 Å². The molecule has 0 fully saturated rings. The van der Waals surface area contributed by atoms with Crippen molar-refractivity contribution in [1.29, 1.82) is 0 Å². The SMILES string of the molecule is COCc1cccc(CC(N)C(=O)O)c1O. The van der Waals surface area contributed by atoms with Gasteiger partial charge in [-0.1, -0.05) is 18.2 Å². The van der Waals surface area contributed by atoms with E-state index in [2.05, 4.69) is 0 Å². The number of carboxylic acid groups (broad SMARTS) is 1. The normalized spacial score (nSPS) is 12.4. The van der Waals surface area contributed by atoms with E-state index in [0.717, 1.165) is 0 Å².